The van der Waals surface area contributed by atoms with Crippen molar-refractivity contribution in [3.63, 3.8) is 0 Å². The molecule has 0 unspecified atom stereocenters. The van der Waals surface area contributed by atoms with Crippen LogP contribution in [0.2, 0.25) is 10.0 Å². The quantitative estimate of drug-likeness (QED) is 0.675. The van der Waals surface area contributed by atoms with Crippen molar-refractivity contribution in [3.8, 4) is 11.1 Å². The molecule has 2 aromatic carbocycles. The molecule has 5 heteroatoms. The van der Waals surface area contributed by atoms with Crippen molar-refractivity contribution >= 4 is 34.2 Å². The molecule has 0 aliphatic heterocycles. The Morgan fingerprint density at radius 3 is 2.56 bits per heavy atom. The first-order chi connectivity index (χ1) is 8.68. The van der Waals surface area contributed by atoms with Gasteiger partial charge in [0.15, 0.2) is 0 Å². The summed E-state index contributed by atoms with van der Waals surface area (Å²) in [6.07, 6.45) is 0. The van der Waals surface area contributed by atoms with Gasteiger partial charge in [-0.2, -0.15) is 0 Å². The highest BCUT2D eigenvalue weighted by atomic mass is 35.5. The third-order valence-corrected chi connectivity index (χ3v) is 3.58. The smallest absolute Gasteiger partial charge is 0.114 e. The average molecular weight is 278 g/mol. The number of nitrogens with zero attached hydrogens (tertiary/aromatic N) is 3. The number of hydrogen-bond donors (Lipinski definition) is 0. The molecule has 1 heterocycles. The molecule has 0 aliphatic rings. The van der Waals surface area contributed by atoms with Crippen LogP contribution >= 0.6 is 23.2 Å². The van der Waals surface area contributed by atoms with Crippen molar-refractivity contribution in [2.24, 2.45) is 7.05 Å². The Bertz CT molecular complexity index is 734. The maximum absolute atomic E-state index is 6.44. The Kier molecular flexibility index (Phi) is 2.73. The van der Waals surface area contributed by atoms with E-state index in [0.29, 0.717) is 10.0 Å². The maximum Gasteiger partial charge on any atom is 0.114 e. The lowest BCUT2D eigenvalue weighted by atomic mass is 10.0. The fourth-order valence-corrected chi connectivity index (χ4v) is 2.61. The molecule has 3 nitrogen and oxygen atoms in total. The van der Waals surface area contributed by atoms with Crippen molar-refractivity contribution in [2.45, 2.75) is 0 Å². The second-order valence-corrected chi connectivity index (χ2v) is 4.77. The van der Waals surface area contributed by atoms with E-state index in [1.807, 2.05) is 43.4 Å². The molecule has 0 saturated heterocycles. The van der Waals surface area contributed by atoms with Crippen LogP contribution in [0.1, 0.15) is 0 Å². The van der Waals surface area contributed by atoms with Crippen LogP contribution in [0.5, 0.6) is 0 Å². The summed E-state index contributed by atoms with van der Waals surface area (Å²) in [5.74, 6) is 0. The molecule has 0 bridgehead atoms. The van der Waals surface area contributed by atoms with Crippen molar-refractivity contribution in [1.29, 1.82) is 0 Å². The summed E-state index contributed by atoms with van der Waals surface area (Å²) in [6.45, 7) is 0. The maximum atomic E-state index is 6.44. The fraction of sp³-hybridized carbons (Fsp3) is 0.0769. The minimum absolute atomic E-state index is 0.619. The minimum Gasteiger partial charge on any atom is -0.246 e. The third-order valence-electron chi connectivity index (χ3n) is 2.87. The van der Waals surface area contributed by atoms with Crippen LogP contribution in [-0.2, 0) is 7.05 Å². The first-order valence-corrected chi connectivity index (χ1v) is 6.17. The Labute approximate surface area is 114 Å². The summed E-state index contributed by atoms with van der Waals surface area (Å²) in [5, 5.41) is 9.29. The number of fused-ring (bicyclic) bond motifs is 1. The number of hydrogen-bond acceptors (Lipinski definition) is 2. The molecule has 0 atom stereocenters. The molecule has 3 aromatic rings. The largest absolute Gasteiger partial charge is 0.246 e. The van der Waals surface area contributed by atoms with Gasteiger partial charge < -0.3 is 0 Å². The van der Waals surface area contributed by atoms with Gasteiger partial charge in [-0.25, -0.2) is 4.68 Å². The SMILES string of the molecule is Cn1nnc2ccc(-c3ccccc3Cl)c(Cl)c21. The molecule has 18 heavy (non-hydrogen) atoms. The van der Waals surface area contributed by atoms with Crippen molar-refractivity contribution in [3.05, 3.63) is 46.4 Å². The second-order valence-electron chi connectivity index (χ2n) is 3.99. The lowest BCUT2D eigenvalue weighted by molar-refractivity contribution is 0.736. The number of halogens is 2. The van der Waals surface area contributed by atoms with Gasteiger partial charge in [0.25, 0.3) is 0 Å². The topological polar surface area (TPSA) is 30.7 Å². The van der Waals surface area contributed by atoms with E-state index in [-0.39, 0.29) is 0 Å². The van der Waals surface area contributed by atoms with E-state index in [0.717, 1.165) is 22.2 Å². The molecule has 0 saturated carbocycles. The molecule has 3 rings (SSSR count). The lowest BCUT2D eigenvalue weighted by Crippen LogP contribution is -1.91. The number of aryl methyl sites for hydroxylation is 1. The summed E-state index contributed by atoms with van der Waals surface area (Å²) in [7, 11) is 1.82. The summed E-state index contributed by atoms with van der Waals surface area (Å²) < 4.78 is 1.66. The predicted molar refractivity (Wildman–Crippen MR) is 74.0 cm³/mol. The van der Waals surface area contributed by atoms with Gasteiger partial charge in [-0.3, -0.25) is 0 Å². The standard InChI is InChI=1S/C13H9Cl2N3/c1-18-13-11(16-17-18)7-6-9(12(13)15)8-4-2-3-5-10(8)14/h2-7H,1H3. The van der Waals surface area contributed by atoms with Crippen LogP contribution in [-0.4, -0.2) is 15.0 Å². The molecule has 0 radical (unpaired) electrons. The van der Waals surface area contributed by atoms with Crippen molar-refractivity contribution in [1.82, 2.24) is 15.0 Å². The molecule has 0 fully saturated rings. The molecule has 90 valence electrons. The Hall–Kier alpha value is -1.58. The number of aromatic nitrogens is 3. The number of rotatable bonds is 1. The van der Waals surface area contributed by atoms with E-state index >= 15 is 0 Å². The normalized spacial score (nSPS) is 11.1. The Morgan fingerprint density at radius 1 is 1.00 bits per heavy atom. The van der Waals surface area contributed by atoms with Crippen LogP contribution in [0.15, 0.2) is 36.4 Å². The summed E-state index contributed by atoms with van der Waals surface area (Å²) in [4.78, 5) is 0. The average Bonchev–Trinajstić information content (AvgIpc) is 2.74. The van der Waals surface area contributed by atoms with Crippen LogP contribution in [0, 0.1) is 0 Å². The van der Waals surface area contributed by atoms with Crippen molar-refractivity contribution in [2.75, 3.05) is 0 Å². The molecule has 0 aliphatic carbocycles. The molecule has 1 aromatic heterocycles. The van der Waals surface area contributed by atoms with Gasteiger partial charge >= 0.3 is 0 Å². The van der Waals surface area contributed by atoms with E-state index in [4.69, 9.17) is 23.2 Å². The van der Waals surface area contributed by atoms with Crippen LogP contribution in [0.4, 0.5) is 0 Å². The van der Waals surface area contributed by atoms with Gasteiger partial charge in [0, 0.05) is 23.2 Å². The highest BCUT2D eigenvalue weighted by Crippen LogP contribution is 2.36. The zero-order chi connectivity index (χ0) is 12.7. The van der Waals surface area contributed by atoms with Gasteiger partial charge in [0.2, 0.25) is 0 Å². The Balaban J connectivity index is 2.34. The first kappa shape index (κ1) is 11.5. The minimum atomic E-state index is 0.619. The summed E-state index contributed by atoms with van der Waals surface area (Å²) >= 11 is 12.6. The van der Waals surface area contributed by atoms with Crippen LogP contribution in [0.25, 0.3) is 22.2 Å². The van der Waals surface area contributed by atoms with E-state index in [2.05, 4.69) is 10.3 Å². The summed E-state index contributed by atoms with van der Waals surface area (Å²) in [5.41, 5.74) is 3.39. The van der Waals surface area contributed by atoms with Gasteiger partial charge in [-0.15, -0.1) is 5.10 Å². The van der Waals surface area contributed by atoms with E-state index in [1.165, 1.54) is 0 Å². The zero-order valence-electron chi connectivity index (χ0n) is 9.56. The highest BCUT2D eigenvalue weighted by Gasteiger charge is 2.13. The molecule has 0 N–H and O–H groups in total. The monoisotopic (exact) mass is 277 g/mol. The van der Waals surface area contributed by atoms with E-state index in [9.17, 15) is 0 Å². The fourth-order valence-electron chi connectivity index (χ4n) is 1.99. The van der Waals surface area contributed by atoms with Crippen LogP contribution in [0.3, 0.4) is 0 Å². The number of benzene rings is 2. The van der Waals surface area contributed by atoms with Gasteiger partial charge in [0.1, 0.15) is 11.0 Å². The van der Waals surface area contributed by atoms with E-state index in [1.54, 1.807) is 4.68 Å². The molecular formula is C13H9Cl2N3. The predicted octanol–water partition coefficient (Wildman–Crippen LogP) is 3.94. The lowest BCUT2D eigenvalue weighted by Gasteiger charge is -2.07. The van der Waals surface area contributed by atoms with Gasteiger partial charge in [-0.1, -0.05) is 52.7 Å². The second kappa shape index (κ2) is 4.26. The zero-order valence-corrected chi connectivity index (χ0v) is 11.1. The van der Waals surface area contributed by atoms with Crippen molar-refractivity contribution < 1.29 is 0 Å². The van der Waals surface area contributed by atoms with Gasteiger partial charge in [0.05, 0.1) is 5.02 Å². The highest BCUT2D eigenvalue weighted by molar-refractivity contribution is 6.39. The van der Waals surface area contributed by atoms with E-state index < -0.39 is 0 Å². The first-order valence-electron chi connectivity index (χ1n) is 5.41. The molecule has 0 amide bonds. The molecule has 0 spiro atoms. The summed E-state index contributed by atoms with van der Waals surface area (Å²) in [6, 6.07) is 11.4. The van der Waals surface area contributed by atoms with Gasteiger partial charge in [-0.05, 0) is 12.1 Å². The third kappa shape index (κ3) is 1.67. The molecular weight excluding hydrogens is 269 g/mol. The Morgan fingerprint density at radius 2 is 1.78 bits per heavy atom. The van der Waals surface area contributed by atoms with Crippen LogP contribution < -0.4 is 0 Å².